The van der Waals surface area contributed by atoms with Gasteiger partial charge in [0.05, 0.1) is 52.5 Å². The van der Waals surface area contributed by atoms with Gasteiger partial charge < -0.3 is 13.6 Å². The predicted molar refractivity (Wildman–Crippen MR) is 142 cm³/mol. The van der Waals surface area contributed by atoms with Gasteiger partial charge in [-0.1, -0.05) is 11.6 Å². The van der Waals surface area contributed by atoms with E-state index in [1.807, 2.05) is 6.07 Å². The summed E-state index contributed by atoms with van der Waals surface area (Å²) in [6, 6.07) is 6.26. The highest BCUT2D eigenvalue weighted by Crippen LogP contribution is 2.20. The lowest BCUT2D eigenvalue weighted by Gasteiger charge is -2.35. The summed E-state index contributed by atoms with van der Waals surface area (Å²) in [5.41, 5.74) is 2.55. The SMILES string of the molecule is CCOS(=O)(=O)[O-].CCOS(=O)(=O)[O-].CCn1c(C)[n+](CCC[N+](CC)(CC)CC)c2ccc(Cl)cc21. The van der Waals surface area contributed by atoms with Crippen LogP contribution < -0.4 is 4.57 Å². The van der Waals surface area contributed by atoms with Crippen molar-refractivity contribution in [3.05, 3.63) is 29.0 Å². The molecule has 0 saturated heterocycles. The zero-order valence-corrected chi connectivity index (χ0v) is 25.3. The first-order valence-electron chi connectivity index (χ1n) is 12.4. The number of hydrogen-bond acceptors (Lipinski definition) is 8. The third-order valence-corrected chi connectivity index (χ3v) is 7.45. The molecule has 14 heteroatoms. The summed E-state index contributed by atoms with van der Waals surface area (Å²) < 4.78 is 70.1. The normalized spacial score (nSPS) is 12.1. The maximum absolute atomic E-state index is 9.45. The second-order valence-electron chi connectivity index (χ2n) is 8.07. The second-order valence-corrected chi connectivity index (χ2v) is 10.6. The molecule has 1 aromatic carbocycles. The smallest absolute Gasteiger partial charge is 0.254 e. The minimum atomic E-state index is -4.42. The average molecular weight is 588 g/mol. The fourth-order valence-corrected chi connectivity index (χ4v) is 4.86. The maximum Gasteiger partial charge on any atom is 0.254 e. The molecule has 1 aromatic heterocycles. The van der Waals surface area contributed by atoms with E-state index in [2.05, 4.69) is 64.3 Å². The molecule has 11 nitrogen and oxygen atoms in total. The number of aryl methyl sites for hydroxylation is 2. The van der Waals surface area contributed by atoms with Gasteiger partial charge in [0.25, 0.3) is 5.82 Å². The van der Waals surface area contributed by atoms with Crippen molar-refractivity contribution in [2.75, 3.05) is 39.4 Å². The minimum absolute atomic E-state index is 0.0914. The number of hydrogen-bond donors (Lipinski definition) is 0. The molecule has 0 N–H and O–H groups in total. The molecule has 0 amide bonds. The molecule has 37 heavy (non-hydrogen) atoms. The first-order valence-corrected chi connectivity index (χ1v) is 15.4. The summed E-state index contributed by atoms with van der Waals surface area (Å²) in [7, 11) is -8.85. The largest absolute Gasteiger partial charge is 0.726 e. The van der Waals surface area contributed by atoms with E-state index in [0.29, 0.717) is 0 Å². The van der Waals surface area contributed by atoms with Gasteiger partial charge in [-0.15, -0.1) is 0 Å². The molecule has 1 heterocycles. The topological polar surface area (TPSA) is 142 Å². The van der Waals surface area contributed by atoms with Crippen molar-refractivity contribution in [3.8, 4) is 0 Å². The molecule has 0 saturated carbocycles. The fraction of sp³-hybridized carbons (Fsp3) is 0.696. The van der Waals surface area contributed by atoms with Crippen LogP contribution >= 0.6 is 11.6 Å². The Hall–Kier alpha value is -1.32. The van der Waals surface area contributed by atoms with Gasteiger partial charge in [0.15, 0.2) is 11.0 Å². The van der Waals surface area contributed by atoms with E-state index in [0.717, 1.165) is 18.1 Å². The molecule has 0 aliphatic carbocycles. The van der Waals surface area contributed by atoms with Crippen LogP contribution in [0.25, 0.3) is 11.0 Å². The molecular weight excluding hydrogens is 546 g/mol. The Balaban J connectivity index is 0.000000761. The van der Waals surface area contributed by atoms with Crippen molar-refractivity contribution in [2.24, 2.45) is 0 Å². The molecule has 0 aliphatic heterocycles. The van der Waals surface area contributed by atoms with E-state index >= 15 is 0 Å². The van der Waals surface area contributed by atoms with E-state index in [4.69, 9.17) is 11.6 Å². The molecule has 0 radical (unpaired) electrons. The van der Waals surface area contributed by atoms with E-state index < -0.39 is 20.8 Å². The Labute approximate surface area is 227 Å². The predicted octanol–water partition coefficient (Wildman–Crippen LogP) is 3.14. The molecule has 0 aliphatic rings. The standard InChI is InChI=1S/C19H32ClN3.2C2H6O4S/c1-6-21-16(5)22(18-12-11-17(20)15-19(18)21)13-10-14-23(7-2,8-3)9-4;2*1-2-6-7(3,4)5/h11-12,15H,6-10,13-14H2,1-5H3;2*2H2,1H3,(H,3,4,5)/q+2;;/p-2. The second kappa shape index (κ2) is 16.6. The molecule has 0 spiro atoms. The van der Waals surface area contributed by atoms with Crippen molar-refractivity contribution in [3.63, 3.8) is 0 Å². The van der Waals surface area contributed by atoms with E-state index in [1.165, 1.54) is 67.8 Å². The van der Waals surface area contributed by atoms with Gasteiger partial charge in [-0.2, -0.15) is 0 Å². The van der Waals surface area contributed by atoms with Crippen molar-refractivity contribution in [2.45, 2.75) is 68.0 Å². The lowest BCUT2D eigenvalue weighted by Crippen LogP contribution is -2.49. The van der Waals surface area contributed by atoms with Crippen molar-refractivity contribution >= 4 is 43.4 Å². The summed E-state index contributed by atoms with van der Waals surface area (Å²) in [6.45, 7) is 21.0. The third kappa shape index (κ3) is 12.9. The number of imidazole rings is 1. The quantitative estimate of drug-likeness (QED) is 0.159. The third-order valence-electron chi connectivity index (χ3n) is 6.17. The van der Waals surface area contributed by atoms with E-state index in [1.54, 1.807) is 0 Å². The fourth-order valence-electron chi connectivity index (χ4n) is 4.11. The Morgan fingerprint density at radius 3 is 1.76 bits per heavy atom. The summed E-state index contributed by atoms with van der Waals surface area (Å²) >= 11 is 6.20. The van der Waals surface area contributed by atoms with Crippen LogP contribution in [0.4, 0.5) is 0 Å². The number of quaternary nitrogens is 1. The molecule has 2 rings (SSSR count). The van der Waals surface area contributed by atoms with Crippen molar-refractivity contribution < 1.29 is 43.4 Å². The van der Waals surface area contributed by atoms with Crippen LogP contribution in [0.3, 0.4) is 0 Å². The highest BCUT2D eigenvalue weighted by atomic mass is 35.5. The van der Waals surface area contributed by atoms with E-state index in [9.17, 15) is 25.9 Å². The Bertz CT molecular complexity index is 1120. The van der Waals surface area contributed by atoms with Crippen LogP contribution in [-0.4, -0.2) is 74.4 Å². The monoisotopic (exact) mass is 587 g/mol. The first kappa shape index (κ1) is 35.7. The Morgan fingerprint density at radius 1 is 0.919 bits per heavy atom. The van der Waals surface area contributed by atoms with Gasteiger partial charge in [-0.05, 0) is 53.7 Å². The number of benzene rings is 1. The zero-order chi connectivity index (χ0) is 28.9. The van der Waals surface area contributed by atoms with Gasteiger partial charge >= 0.3 is 0 Å². The van der Waals surface area contributed by atoms with Crippen LogP contribution in [-0.2, 0) is 42.3 Å². The number of fused-ring (bicyclic) bond motifs is 1. The van der Waals surface area contributed by atoms with Gasteiger partial charge in [0.1, 0.15) is 0 Å². The Morgan fingerprint density at radius 2 is 1.41 bits per heavy atom. The lowest BCUT2D eigenvalue weighted by molar-refractivity contribution is -0.925. The number of aromatic nitrogens is 2. The van der Waals surface area contributed by atoms with Crippen LogP contribution in [0.2, 0.25) is 5.02 Å². The highest BCUT2D eigenvalue weighted by molar-refractivity contribution is 7.81. The number of nitrogens with zero attached hydrogens (tertiary/aromatic N) is 3. The average Bonchev–Trinajstić information content (AvgIpc) is 3.06. The summed E-state index contributed by atoms with van der Waals surface area (Å²) in [6.07, 6.45) is 1.21. The molecule has 0 atom stereocenters. The minimum Gasteiger partial charge on any atom is -0.726 e. The van der Waals surface area contributed by atoms with Gasteiger partial charge in [0.2, 0.25) is 20.8 Å². The highest BCUT2D eigenvalue weighted by Gasteiger charge is 2.24. The van der Waals surface area contributed by atoms with E-state index in [-0.39, 0.29) is 13.2 Å². The lowest BCUT2D eigenvalue weighted by atomic mass is 10.2. The summed E-state index contributed by atoms with van der Waals surface area (Å²) in [4.78, 5) is 0. The molecule has 0 fully saturated rings. The van der Waals surface area contributed by atoms with Gasteiger partial charge in [0, 0.05) is 24.4 Å². The van der Waals surface area contributed by atoms with Gasteiger partial charge in [-0.3, -0.25) is 8.37 Å². The maximum atomic E-state index is 9.45. The molecule has 2 aromatic rings. The summed E-state index contributed by atoms with van der Waals surface area (Å²) in [5, 5.41) is 0.815. The molecule has 0 bridgehead atoms. The van der Waals surface area contributed by atoms with Gasteiger partial charge in [-0.25, -0.2) is 26.0 Å². The van der Waals surface area contributed by atoms with Crippen molar-refractivity contribution in [1.29, 1.82) is 0 Å². The summed E-state index contributed by atoms with van der Waals surface area (Å²) in [5.74, 6) is 1.33. The van der Waals surface area contributed by atoms with Crippen LogP contribution in [0.15, 0.2) is 18.2 Å². The zero-order valence-electron chi connectivity index (χ0n) is 22.9. The number of rotatable bonds is 12. The van der Waals surface area contributed by atoms with Crippen LogP contribution in [0.1, 0.15) is 53.8 Å². The molecule has 0 unspecified atom stereocenters. The first-order chi connectivity index (χ1) is 17.1. The Kier molecular flexibility index (Phi) is 16.0. The number of halogens is 1. The molecular formula is C23H42ClN3O8S2. The van der Waals surface area contributed by atoms with Crippen molar-refractivity contribution in [1.82, 2.24) is 4.57 Å². The van der Waals surface area contributed by atoms with Crippen LogP contribution in [0.5, 0.6) is 0 Å². The van der Waals surface area contributed by atoms with Crippen LogP contribution in [0, 0.1) is 6.92 Å². The molecule has 216 valence electrons.